The zero-order valence-electron chi connectivity index (χ0n) is 16.6. The van der Waals surface area contributed by atoms with Crippen molar-refractivity contribution in [3.05, 3.63) is 0 Å². The van der Waals surface area contributed by atoms with Crippen molar-refractivity contribution in [3.8, 4) is 0 Å². The van der Waals surface area contributed by atoms with Gasteiger partial charge >= 0.3 is 0 Å². The van der Waals surface area contributed by atoms with Crippen LogP contribution in [0.1, 0.15) is 69.2 Å². The van der Waals surface area contributed by atoms with Crippen LogP contribution in [0.15, 0.2) is 0 Å². The fourth-order valence-corrected chi connectivity index (χ4v) is 5.17. The summed E-state index contributed by atoms with van der Waals surface area (Å²) >= 11 is 0. The molecule has 130 valence electrons. The quantitative estimate of drug-likeness (QED) is 0.693. The summed E-state index contributed by atoms with van der Waals surface area (Å²) in [6, 6.07) is 0.375. The largest absolute Gasteiger partial charge is 0.338 e. The van der Waals surface area contributed by atoms with Gasteiger partial charge in [-0.25, -0.2) is 0 Å². The standard InChI is InChI=1S/C20H39NO/c1-12(2)17-18(13(3)4)21(19(22)14(5)6)11-20(17,15(7)8)16(9)10/h12-18H,11H2,1-10H3/t17-,18?/m1/s1. The maximum atomic E-state index is 12.9. The van der Waals surface area contributed by atoms with E-state index in [0.717, 1.165) is 6.54 Å². The van der Waals surface area contributed by atoms with E-state index < -0.39 is 0 Å². The Morgan fingerprint density at radius 2 is 1.32 bits per heavy atom. The number of carbonyl (C=O) groups is 1. The number of likely N-dealkylation sites (tertiary alicyclic amines) is 1. The minimum atomic E-state index is 0.0872. The maximum absolute atomic E-state index is 12.9. The molecule has 0 aliphatic carbocycles. The number of amides is 1. The van der Waals surface area contributed by atoms with E-state index in [-0.39, 0.29) is 11.3 Å². The summed E-state index contributed by atoms with van der Waals surface area (Å²) in [6.07, 6.45) is 0. The van der Waals surface area contributed by atoms with Crippen LogP contribution in [0.2, 0.25) is 0 Å². The molecule has 1 aliphatic rings. The van der Waals surface area contributed by atoms with Gasteiger partial charge in [0.15, 0.2) is 0 Å². The highest BCUT2D eigenvalue weighted by Gasteiger charge is 2.58. The Hall–Kier alpha value is -0.530. The molecule has 1 heterocycles. The molecule has 1 rings (SSSR count). The molecule has 1 saturated heterocycles. The Bertz CT molecular complexity index is 373. The summed E-state index contributed by atoms with van der Waals surface area (Å²) in [5, 5.41) is 0. The highest BCUT2D eigenvalue weighted by atomic mass is 16.2. The molecule has 0 radical (unpaired) electrons. The lowest BCUT2D eigenvalue weighted by Crippen LogP contribution is -2.45. The van der Waals surface area contributed by atoms with E-state index >= 15 is 0 Å². The Morgan fingerprint density at radius 3 is 1.59 bits per heavy atom. The molecule has 1 unspecified atom stereocenters. The van der Waals surface area contributed by atoms with Crippen molar-refractivity contribution in [3.63, 3.8) is 0 Å². The number of rotatable bonds is 5. The first-order valence-electron chi connectivity index (χ1n) is 9.28. The summed E-state index contributed by atoms with van der Waals surface area (Å²) in [4.78, 5) is 15.1. The third kappa shape index (κ3) is 3.08. The summed E-state index contributed by atoms with van der Waals surface area (Å²) in [6.45, 7) is 23.7. The van der Waals surface area contributed by atoms with Gasteiger partial charge in [0.05, 0.1) is 0 Å². The normalized spacial score (nSPS) is 25.3. The molecule has 0 aromatic carbocycles. The second-order valence-electron chi connectivity index (χ2n) is 9.05. The van der Waals surface area contributed by atoms with Crippen LogP contribution in [0.3, 0.4) is 0 Å². The molecule has 0 aromatic heterocycles. The van der Waals surface area contributed by atoms with Crippen molar-refractivity contribution < 1.29 is 4.79 Å². The van der Waals surface area contributed by atoms with Crippen LogP contribution in [0.5, 0.6) is 0 Å². The van der Waals surface area contributed by atoms with Crippen LogP contribution in [0.25, 0.3) is 0 Å². The van der Waals surface area contributed by atoms with Crippen LogP contribution in [-0.2, 0) is 4.79 Å². The molecule has 22 heavy (non-hydrogen) atoms. The van der Waals surface area contributed by atoms with Crippen molar-refractivity contribution in [2.24, 2.45) is 40.9 Å². The van der Waals surface area contributed by atoms with Gasteiger partial charge in [0.1, 0.15) is 0 Å². The fraction of sp³-hybridized carbons (Fsp3) is 0.950. The lowest BCUT2D eigenvalue weighted by molar-refractivity contribution is -0.136. The number of hydrogen-bond acceptors (Lipinski definition) is 1. The van der Waals surface area contributed by atoms with E-state index in [1.807, 2.05) is 13.8 Å². The van der Waals surface area contributed by atoms with E-state index in [0.29, 0.717) is 41.5 Å². The van der Waals surface area contributed by atoms with Crippen LogP contribution >= 0.6 is 0 Å². The van der Waals surface area contributed by atoms with Gasteiger partial charge in [0.2, 0.25) is 5.91 Å². The first-order chi connectivity index (χ1) is 9.98. The zero-order valence-corrected chi connectivity index (χ0v) is 16.6. The number of carbonyl (C=O) groups excluding carboxylic acids is 1. The Balaban J connectivity index is 3.44. The molecule has 0 spiro atoms. The van der Waals surface area contributed by atoms with Gasteiger partial charge in [0, 0.05) is 18.5 Å². The molecule has 2 nitrogen and oxygen atoms in total. The first-order valence-corrected chi connectivity index (χ1v) is 9.28. The van der Waals surface area contributed by atoms with Crippen molar-refractivity contribution >= 4 is 5.91 Å². The van der Waals surface area contributed by atoms with Gasteiger partial charge in [-0.1, -0.05) is 69.2 Å². The van der Waals surface area contributed by atoms with Crippen molar-refractivity contribution in [1.82, 2.24) is 4.90 Å². The third-order valence-electron chi connectivity index (χ3n) is 6.12. The van der Waals surface area contributed by atoms with Gasteiger partial charge in [0.25, 0.3) is 0 Å². The predicted octanol–water partition coefficient (Wildman–Crippen LogP) is 5.08. The zero-order chi connectivity index (χ0) is 17.4. The summed E-state index contributed by atoms with van der Waals surface area (Å²) < 4.78 is 0. The molecule has 1 amide bonds. The minimum Gasteiger partial charge on any atom is -0.338 e. The first kappa shape index (κ1) is 19.5. The van der Waals surface area contributed by atoms with Crippen LogP contribution in [0, 0.1) is 40.9 Å². The second-order valence-corrected chi connectivity index (χ2v) is 9.05. The molecular formula is C20H39NO. The lowest BCUT2D eigenvalue weighted by atomic mass is 9.58. The molecule has 2 atom stereocenters. The van der Waals surface area contributed by atoms with E-state index in [2.05, 4.69) is 60.3 Å². The molecular weight excluding hydrogens is 270 g/mol. The summed E-state index contributed by atoms with van der Waals surface area (Å²) in [7, 11) is 0. The van der Waals surface area contributed by atoms with Gasteiger partial charge in [-0.2, -0.15) is 0 Å². The van der Waals surface area contributed by atoms with Gasteiger partial charge in [-0.3, -0.25) is 4.79 Å². The van der Waals surface area contributed by atoms with Gasteiger partial charge < -0.3 is 4.90 Å². The average Bonchev–Trinajstić information content (AvgIpc) is 2.74. The van der Waals surface area contributed by atoms with Crippen LogP contribution in [0.4, 0.5) is 0 Å². The number of hydrogen-bond donors (Lipinski definition) is 0. The molecule has 0 saturated carbocycles. The molecule has 2 heteroatoms. The highest BCUT2D eigenvalue weighted by molar-refractivity contribution is 5.79. The predicted molar refractivity (Wildman–Crippen MR) is 95.6 cm³/mol. The second kappa shape index (κ2) is 6.93. The Kier molecular flexibility index (Phi) is 6.14. The van der Waals surface area contributed by atoms with Gasteiger partial charge in [-0.05, 0) is 35.0 Å². The van der Waals surface area contributed by atoms with E-state index in [1.165, 1.54) is 0 Å². The average molecular weight is 310 g/mol. The van der Waals surface area contributed by atoms with E-state index in [1.54, 1.807) is 0 Å². The summed E-state index contributed by atoms with van der Waals surface area (Å²) in [5.74, 6) is 3.29. The summed E-state index contributed by atoms with van der Waals surface area (Å²) in [5.41, 5.74) is 0.230. The Labute approximate surface area is 139 Å². The van der Waals surface area contributed by atoms with Crippen LogP contribution < -0.4 is 0 Å². The Morgan fingerprint density at radius 1 is 0.864 bits per heavy atom. The SMILES string of the molecule is CC(C)C(=O)N1CC(C(C)C)(C(C)C)[C@H](C(C)C)C1C(C)C. The smallest absolute Gasteiger partial charge is 0.225 e. The minimum absolute atomic E-state index is 0.0872. The lowest BCUT2D eigenvalue weighted by Gasteiger charge is -2.45. The van der Waals surface area contributed by atoms with Crippen molar-refractivity contribution in [1.29, 1.82) is 0 Å². The molecule has 0 aromatic rings. The third-order valence-corrected chi connectivity index (χ3v) is 6.12. The van der Waals surface area contributed by atoms with Crippen molar-refractivity contribution in [2.45, 2.75) is 75.3 Å². The fourth-order valence-electron chi connectivity index (χ4n) is 5.17. The highest BCUT2D eigenvalue weighted by Crippen LogP contribution is 2.55. The molecule has 0 N–H and O–H groups in total. The monoisotopic (exact) mass is 309 g/mol. The molecule has 0 bridgehead atoms. The maximum Gasteiger partial charge on any atom is 0.225 e. The van der Waals surface area contributed by atoms with E-state index in [9.17, 15) is 4.79 Å². The van der Waals surface area contributed by atoms with E-state index in [4.69, 9.17) is 0 Å². The number of nitrogens with zero attached hydrogens (tertiary/aromatic N) is 1. The van der Waals surface area contributed by atoms with Gasteiger partial charge in [-0.15, -0.1) is 0 Å². The topological polar surface area (TPSA) is 20.3 Å². The molecule has 1 aliphatic heterocycles. The molecule has 1 fully saturated rings. The van der Waals surface area contributed by atoms with Crippen molar-refractivity contribution in [2.75, 3.05) is 6.54 Å². The van der Waals surface area contributed by atoms with Crippen LogP contribution in [-0.4, -0.2) is 23.4 Å².